The van der Waals surface area contributed by atoms with Crippen LogP contribution in [0.1, 0.15) is 16.8 Å². The number of hydrogen-bond acceptors (Lipinski definition) is 4. The number of hydrogen-bond donors (Lipinski definition) is 0. The molecule has 0 aliphatic carbocycles. The third-order valence-corrected chi connectivity index (χ3v) is 3.32. The molecule has 2 rings (SSSR count). The first kappa shape index (κ1) is 13.1. The van der Waals surface area contributed by atoms with Crippen molar-refractivity contribution in [3.05, 3.63) is 29.8 Å². The third kappa shape index (κ3) is 3.09. The van der Waals surface area contributed by atoms with E-state index in [1.54, 1.807) is 20.3 Å². The van der Waals surface area contributed by atoms with E-state index in [1.807, 2.05) is 18.2 Å². The zero-order valence-electron chi connectivity index (χ0n) is 10.9. The van der Waals surface area contributed by atoms with Crippen LogP contribution in [-0.2, 0) is 4.74 Å². The van der Waals surface area contributed by atoms with Crippen LogP contribution in [0.25, 0.3) is 0 Å². The molecule has 0 bridgehead atoms. The minimum Gasteiger partial charge on any atom is -0.497 e. The van der Waals surface area contributed by atoms with E-state index in [4.69, 9.17) is 9.47 Å². The van der Waals surface area contributed by atoms with Crippen LogP contribution in [0, 0.1) is 0 Å². The van der Waals surface area contributed by atoms with Gasteiger partial charge >= 0.3 is 0 Å². The Kier molecular flexibility index (Phi) is 4.33. The highest BCUT2D eigenvalue weighted by molar-refractivity contribution is 5.97. The van der Waals surface area contributed by atoms with Gasteiger partial charge in [-0.05, 0) is 18.6 Å². The molecule has 1 atom stereocenters. The van der Waals surface area contributed by atoms with Gasteiger partial charge in [0.2, 0.25) is 0 Å². The molecule has 1 heterocycles. The topological polar surface area (TPSA) is 38.8 Å². The molecule has 1 saturated heterocycles. The lowest BCUT2D eigenvalue weighted by molar-refractivity contribution is 0.0898. The fraction of sp³-hybridized carbons (Fsp3) is 0.500. The van der Waals surface area contributed by atoms with E-state index in [-0.39, 0.29) is 11.9 Å². The Morgan fingerprint density at radius 1 is 1.44 bits per heavy atom. The first-order valence-electron chi connectivity index (χ1n) is 6.15. The van der Waals surface area contributed by atoms with Crippen LogP contribution >= 0.6 is 0 Å². The van der Waals surface area contributed by atoms with Crippen molar-refractivity contribution >= 4 is 5.78 Å². The molecule has 1 aromatic carbocycles. The monoisotopic (exact) mass is 249 g/mol. The van der Waals surface area contributed by atoms with E-state index in [2.05, 4.69) is 4.90 Å². The average molecular weight is 249 g/mol. The zero-order chi connectivity index (χ0) is 13.0. The highest BCUT2D eigenvalue weighted by Gasteiger charge is 2.23. The molecule has 0 aromatic heterocycles. The maximum Gasteiger partial charge on any atom is 0.176 e. The summed E-state index contributed by atoms with van der Waals surface area (Å²) in [6.07, 6.45) is 1.27. The Hall–Kier alpha value is -1.39. The summed E-state index contributed by atoms with van der Waals surface area (Å²) in [5.41, 5.74) is 0.704. The number of carbonyl (C=O) groups excluding carboxylic acids is 1. The summed E-state index contributed by atoms with van der Waals surface area (Å²) in [7, 11) is 3.32. The zero-order valence-corrected chi connectivity index (χ0v) is 10.9. The lowest BCUT2D eigenvalue weighted by Gasteiger charge is -2.14. The minimum atomic E-state index is 0.130. The largest absolute Gasteiger partial charge is 0.497 e. The molecule has 1 fully saturated rings. The number of likely N-dealkylation sites (tertiary alicyclic amines) is 1. The number of methoxy groups -OCH3 is 2. The molecule has 0 amide bonds. The normalized spacial score (nSPS) is 20.0. The first-order chi connectivity index (χ1) is 8.72. The van der Waals surface area contributed by atoms with Gasteiger partial charge in [-0.25, -0.2) is 0 Å². The fourth-order valence-corrected chi connectivity index (χ4v) is 2.22. The average Bonchev–Trinajstić information content (AvgIpc) is 2.86. The van der Waals surface area contributed by atoms with E-state index in [0.29, 0.717) is 12.1 Å². The van der Waals surface area contributed by atoms with Crippen molar-refractivity contribution in [3.8, 4) is 5.75 Å². The van der Waals surface area contributed by atoms with Gasteiger partial charge in [-0.3, -0.25) is 9.69 Å². The predicted molar refractivity (Wildman–Crippen MR) is 69.2 cm³/mol. The van der Waals surface area contributed by atoms with Gasteiger partial charge < -0.3 is 9.47 Å². The predicted octanol–water partition coefficient (Wildman–Crippen LogP) is 1.60. The summed E-state index contributed by atoms with van der Waals surface area (Å²) in [6.45, 7) is 2.22. The van der Waals surface area contributed by atoms with Crippen LogP contribution in [0.15, 0.2) is 24.3 Å². The van der Waals surface area contributed by atoms with Gasteiger partial charge in [-0.2, -0.15) is 0 Å². The number of rotatable bonds is 5. The molecule has 98 valence electrons. The van der Waals surface area contributed by atoms with Gasteiger partial charge in [0.05, 0.1) is 19.8 Å². The number of benzene rings is 1. The molecule has 1 aliphatic heterocycles. The quantitative estimate of drug-likeness (QED) is 0.743. The van der Waals surface area contributed by atoms with E-state index in [1.165, 1.54) is 0 Å². The number of carbonyl (C=O) groups is 1. The second kappa shape index (κ2) is 5.98. The van der Waals surface area contributed by atoms with Crippen LogP contribution in [0.2, 0.25) is 0 Å². The summed E-state index contributed by atoms with van der Waals surface area (Å²) < 4.78 is 10.4. The Morgan fingerprint density at radius 2 is 2.28 bits per heavy atom. The van der Waals surface area contributed by atoms with E-state index < -0.39 is 0 Å². The standard InChI is InChI=1S/C14H19NO3/c1-17-12-5-3-4-11(8-12)14(16)10-15-7-6-13(9-15)18-2/h3-5,8,13H,6-7,9-10H2,1-2H3. The highest BCUT2D eigenvalue weighted by Crippen LogP contribution is 2.16. The number of ketones is 1. The SMILES string of the molecule is COc1cccc(C(=O)CN2CCC(OC)C2)c1. The summed E-state index contributed by atoms with van der Waals surface area (Å²) in [5, 5.41) is 0. The molecule has 0 spiro atoms. The van der Waals surface area contributed by atoms with Gasteiger partial charge in [0.25, 0.3) is 0 Å². The molecule has 18 heavy (non-hydrogen) atoms. The van der Waals surface area contributed by atoms with Crippen LogP contribution in [-0.4, -0.2) is 50.6 Å². The van der Waals surface area contributed by atoms with E-state index in [9.17, 15) is 4.79 Å². The molecule has 0 N–H and O–H groups in total. The van der Waals surface area contributed by atoms with Crippen LogP contribution in [0.3, 0.4) is 0 Å². The van der Waals surface area contributed by atoms with Crippen molar-refractivity contribution in [1.82, 2.24) is 4.90 Å². The molecule has 0 saturated carbocycles. The molecule has 4 nitrogen and oxygen atoms in total. The van der Waals surface area contributed by atoms with Crippen LogP contribution in [0.4, 0.5) is 0 Å². The maximum atomic E-state index is 12.1. The Labute approximate surface area is 107 Å². The lowest BCUT2D eigenvalue weighted by atomic mass is 10.1. The second-order valence-electron chi connectivity index (χ2n) is 4.54. The van der Waals surface area contributed by atoms with Crippen molar-refractivity contribution in [2.75, 3.05) is 33.9 Å². The first-order valence-corrected chi connectivity index (χ1v) is 6.15. The number of nitrogens with zero attached hydrogens (tertiary/aromatic N) is 1. The molecule has 4 heteroatoms. The van der Waals surface area contributed by atoms with E-state index in [0.717, 1.165) is 25.3 Å². The summed E-state index contributed by atoms with van der Waals surface area (Å²) in [5.74, 6) is 0.850. The minimum absolute atomic E-state index is 0.130. The van der Waals surface area contributed by atoms with Gasteiger partial charge in [-0.1, -0.05) is 12.1 Å². The van der Waals surface area contributed by atoms with Gasteiger partial charge in [0.1, 0.15) is 5.75 Å². The maximum absolute atomic E-state index is 12.1. The molecule has 1 unspecified atom stereocenters. The van der Waals surface area contributed by atoms with Crippen molar-refractivity contribution in [2.45, 2.75) is 12.5 Å². The highest BCUT2D eigenvalue weighted by atomic mass is 16.5. The van der Waals surface area contributed by atoms with Crippen LogP contribution < -0.4 is 4.74 Å². The number of Topliss-reactive ketones (excluding diaryl/α,β-unsaturated/α-hetero) is 1. The lowest BCUT2D eigenvalue weighted by Crippen LogP contribution is -2.29. The van der Waals surface area contributed by atoms with Gasteiger partial charge in [0.15, 0.2) is 5.78 Å². The van der Waals surface area contributed by atoms with Crippen molar-refractivity contribution < 1.29 is 14.3 Å². The van der Waals surface area contributed by atoms with Crippen molar-refractivity contribution in [2.24, 2.45) is 0 Å². The Bertz CT molecular complexity index is 419. The number of ether oxygens (including phenoxy) is 2. The fourth-order valence-electron chi connectivity index (χ4n) is 2.22. The molecule has 1 aliphatic rings. The van der Waals surface area contributed by atoms with Gasteiger partial charge in [-0.15, -0.1) is 0 Å². The Morgan fingerprint density at radius 3 is 2.94 bits per heavy atom. The van der Waals surface area contributed by atoms with Crippen molar-refractivity contribution in [1.29, 1.82) is 0 Å². The molecular weight excluding hydrogens is 230 g/mol. The second-order valence-corrected chi connectivity index (χ2v) is 4.54. The van der Waals surface area contributed by atoms with Gasteiger partial charge in [0, 0.05) is 25.8 Å². The third-order valence-electron chi connectivity index (χ3n) is 3.32. The summed E-state index contributed by atoms with van der Waals surface area (Å²) in [6, 6.07) is 7.29. The Balaban J connectivity index is 1.95. The van der Waals surface area contributed by atoms with E-state index >= 15 is 0 Å². The van der Waals surface area contributed by atoms with Crippen molar-refractivity contribution in [3.63, 3.8) is 0 Å². The molecule has 1 aromatic rings. The smallest absolute Gasteiger partial charge is 0.176 e. The summed E-state index contributed by atoms with van der Waals surface area (Å²) >= 11 is 0. The van der Waals surface area contributed by atoms with Crippen LogP contribution in [0.5, 0.6) is 5.75 Å². The molecular formula is C14H19NO3. The summed E-state index contributed by atoms with van der Waals surface area (Å²) in [4.78, 5) is 14.3. The molecule has 0 radical (unpaired) electrons.